The zero-order chi connectivity index (χ0) is 20.8. The van der Waals surface area contributed by atoms with Crippen LogP contribution in [-0.4, -0.2) is 15.8 Å². The summed E-state index contributed by atoms with van der Waals surface area (Å²) in [4.78, 5) is 32.8. The summed E-state index contributed by atoms with van der Waals surface area (Å²) >= 11 is 0. The summed E-state index contributed by atoms with van der Waals surface area (Å²) in [7, 11) is 0. The highest BCUT2D eigenvalue weighted by atomic mass is 16.3. The lowest BCUT2D eigenvalue weighted by Gasteiger charge is -2.25. The van der Waals surface area contributed by atoms with Gasteiger partial charge in [-0.15, -0.1) is 0 Å². The van der Waals surface area contributed by atoms with Crippen molar-refractivity contribution in [1.82, 2.24) is 9.88 Å². The minimum Gasteiger partial charge on any atom is -0.450 e. The number of carbonyl (C=O) groups excluding carboxylic acids is 1. The zero-order valence-electron chi connectivity index (χ0n) is 16.8. The monoisotopic (exact) mass is 396 g/mol. The van der Waals surface area contributed by atoms with Gasteiger partial charge >= 0.3 is 0 Å². The lowest BCUT2D eigenvalue weighted by molar-refractivity contribution is 0.0714. The van der Waals surface area contributed by atoms with Crippen molar-refractivity contribution in [3.05, 3.63) is 111 Å². The molecule has 2 aromatic heterocycles. The number of amides is 1. The van der Waals surface area contributed by atoms with Crippen molar-refractivity contribution in [1.29, 1.82) is 0 Å². The first-order valence-electron chi connectivity index (χ1n) is 9.87. The number of aryl methyl sites for hydroxylation is 2. The average Bonchev–Trinajstić information content (AvgIpc) is 3.03. The van der Waals surface area contributed by atoms with E-state index in [1.165, 1.54) is 0 Å². The van der Waals surface area contributed by atoms with Crippen molar-refractivity contribution in [2.75, 3.05) is 0 Å². The molecular formula is C25H20N2O3. The van der Waals surface area contributed by atoms with Gasteiger partial charge in [0.05, 0.1) is 17.0 Å². The van der Waals surface area contributed by atoms with E-state index in [9.17, 15) is 9.59 Å². The molecule has 2 aromatic carbocycles. The van der Waals surface area contributed by atoms with Gasteiger partial charge in [-0.1, -0.05) is 30.3 Å². The first kappa shape index (κ1) is 18.3. The largest absolute Gasteiger partial charge is 0.450 e. The lowest BCUT2D eigenvalue weighted by Crippen LogP contribution is -2.29. The Kier molecular flexibility index (Phi) is 4.24. The molecule has 0 aliphatic carbocycles. The lowest BCUT2D eigenvalue weighted by atomic mass is 9.98. The molecule has 1 aliphatic heterocycles. The zero-order valence-corrected chi connectivity index (χ0v) is 16.8. The third kappa shape index (κ3) is 2.82. The Labute approximate surface area is 173 Å². The molecule has 4 aromatic rings. The quantitative estimate of drug-likeness (QED) is 0.510. The second-order valence-electron chi connectivity index (χ2n) is 7.71. The van der Waals surface area contributed by atoms with E-state index in [-0.39, 0.29) is 17.1 Å². The number of rotatable bonds is 3. The van der Waals surface area contributed by atoms with Crippen LogP contribution in [-0.2, 0) is 6.54 Å². The topological polar surface area (TPSA) is 63.4 Å². The van der Waals surface area contributed by atoms with E-state index < -0.39 is 6.04 Å². The highest BCUT2D eigenvalue weighted by molar-refractivity contribution is 5.99. The fraction of sp³-hybridized carbons (Fsp3) is 0.160. The first-order valence-corrected chi connectivity index (χ1v) is 9.87. The molecule has 0 bridgehead atoms. The number of aromatic nitrogens is 1. The first-order chi connectivity index (χ1) is 14.5. The van der Waals surface area contributed by atoms with Gasteiger partial charge in [0.1, 0.15) is 5.58 Å². The Morgan fingerprint density at radius 2 is 1.67 bits per heavy atom. The van der Waals surface area contributed by atoms with Crippen LogP contribution in [0.3, 0.4) is 0 Å². The SMILES string of the molecule is Cc1cc2oc3c(c(=O)c2cc1C)C(c1ccncc1)N(Cc1ccccc1)C3=O. The van der Waals surface area contributed by atoms with E-state index in [1.54, 1.807) is 17.3 Å². The molecule has 148 valence electrons. The van der Waals surface area contributed by atoms with Crippen LogP contribution in [0.5, 0.6) is 0 Å². The summed E-state index contributed by atoms with van der Waals surface area (Å²) in [6.45, 7) is 4.31. The Bertz CT molecular complexity index is 1330. The number of hydrogen-bond acceptors (Lipinski definition) is 4. The predicted octanol–water partition coefficient (Wildman–Crippen LogP) is 4.55. The Hall–Kier alpha value is -3.73. The van der Waals surface area contributed by atoms with E-state index in [0.29, 0.717) is 23.1 Å². The minimum absolute atomic E-state index is 0.133. The van der Waals surface area contributed by atoms with E-state index in [4.69, 9.17) is 4.42 Å². The minimum atomic E-state index is -0.516. The summed E-state index contributed by atoms with van der Waals surface area (Å²) in [5, 5.41) is 0.505. The Balaban J connectivity index is 1.75. The molecule has 1 aliphatic rings. The maximum absolute atomic E-state index is 13.6. The summed E-state index contributed by atoms with van der Waals surface area (Å²) in [6, 6.07) is 16.6. The average molecular weight is 396 g/mol. The van der Waals surface area contributed by atoms with Crippen LogP contribution in [0.15, 0.2) is 76.2 Å². The van der Waals surface area contributed by atoms with Crippen molar-refractivity contribution in [3.8, 4) is 0 Å². The number of hydrogen-bond donors (Lipinski definition) is 0. The van der Waals surface area contributed by atoms with Gasteiger partial charge in [0.15, 0.2) is 5.43 Å². The van der Waals surface area contributed by atoms with Gasteiger partial charge in [-0.25, -0.2) is 0 Å². The third-order valence-electron chi connectivity index (χ3n) is 5.80. The van der Waals surface area contributed by atoms with Crippen molar-refractivity contribution in [3.63, 3.8) is 0 Å². The van der Waals surface area contributed by atoms with Crippen LogP contribution in [0.1, 0.15) is 44.4 Å². The summed E-state index contributed by atoms with van der Waals surface area (Å²) in [6.07, 6.45) is 3.35. The fourth-order valence-electron chi connectivity index (χ4n) is 4.11. The second kappa shape index (κ2) is 6.95. The summed E-state index contributed by atoms with van der Waals surface area (Å²) in [5.74, 6) is -0.138. The molecule has 0 saturated carbocycles. The molecule has 0 radical (unpaired) electrons. The molecule has 5 rings (SSSR count). The molecule has 3 heterocycles. The standard InChI is InChI=1S/C25H20N2O3/c1-15-12-19-20(13-16(15)2)30-24-21(23(19)28)22(18-8-10-26-11-9-18)27(25(24)29)14-17-6-4-3-5-7-17/h3-13,22H,14H2,1-2H3. The van der Waals surface area contributed by atoms with Crippen LogP contribution in [0.25, 0.3) is 11.0 Å². The highest BCUT2D eigenvalue weighted by Crippen LogP contribution is 2.39. The number of carbonyl (C=O) groups is 1. The van der Waals surface area contributed by atoms with Crippen molar-refractivity contribution >= 4 is 16.9 Å². The number of nitrogens with zero attached hydrogens (tertiary/aromatic N) is 2. The van der Waals surface area contributed by atoms with Crippen LogP contribution in [0, 0.1) is 13.8 Å². The van der Waals surface area contributed by atoms with Gasteiger partial charge in [-0.3, -0.25) is 14.6 Å². The second-order valence-corrected chi connectivity index (χ2v) is 7.71. The van der Waals surface area contributed by atoms with E-state index in [2.05, 4.69) is 4.98 Å². The van der Waals surface area contributed by atoms with Crippen LogP contribution in [0.4, 0.5) is 0 Å². The van der Waals surface area contributed by atoms with Gasteiger partial charge < -0.3 is 9.32 Å². The van der Waals surface area contributed by atoms with Gasteiger partial charge in [0.2, 0.25) is 5.76 Å². The predicted molar refractivity (Wildman–Crippen MR) is 114 cm³/mol. The van der Waals surface area contributed by atoms with E-state index in [1.807, 2.05) is 68.4 Å². The fourth-order valence-corrected chi connectivity index (χ4v) is 4.11. The Morgan fingerprint density at radius 1 is 0.967 bits per heavy atom. The molecule has 1 unspecified atom stereocenters. The van der Waals surface area contributed by atoms with Gasteiger partial charge in [-0.05, 0) is 60.4 Å². The van der Waals surface area contributed by atoms with E-state index in [0.717, 1.165) is 22.3 Å². The normalized spacial score (nSPS) is 15.6. The van der Waals surface area contributed by atoms with Crippen molar-refractivity contribution < 1.29 is 9.21 Å². The maximum atomic E-state index is 13.6. The van der Waals surface area contributed by atoms with Crippen molar-refractivity contribution in [2.45, 2.75) is 26.4 Å². The smallest absolute Gasteiger partial charge is 0.291 e. The third-order valence-corrected chi connectivity index (χ3v) is 5.80. The Morgan fingerprint density at radius 3 is 2.40 bits per heavy atom. The summed E-state index contributed by atoms with van der Waals surface area (Å²) < 4.78 is 6.05. The number of benzene rings is 2. The van der Waals surface area contributed by atoms with Gasteiger partial charge in [0, 0.05) is 18.9 Å². The number of fused-ring (bicyclic) bond motifs is 2. The van der Waals surface area contributed by atoms with Crippen LogP contribution in [0.2, 0.25) is 0 Å². The van der Waals surface area contributed by atoms with Gasteiger partial charge in [0.25, 0.3) is 5.91 Å². The molecule has 0 saturated heterocycles. The number of pyridine rings is 1. The van der Waals surface area contributed by atoms with Gasteiger partial charge in [-0.2, -0.15) is 0 Å². The molecule has 5 heteroatoms. The molecule has 5 nitrogen and oxygen atoms in total. The van der Waals surface area contributed by atoms with E-state index >= 15 is 0 Å². The molecule has 1 amide bonds. The molecule has 30 heavy (non-hydrogen) atoms. The highest BCUT2D eigenvalue weighted by Gasteiger charge is 2.42. The summed E-state index contributed by atoms with van der Waals surface area (Å²) in [5.41, 5.74) is 4.55. The molecule has 0 fully saturated rings. The van der Waals surface area contributed by atoms with Crippen molar-refractivity contribution in [2.24, 2.45) is 0 Å². The maximum Gasteiger partial charge on any atom is 0.291 e. The molecule has 0 spiro atoms. The molecule has 1 atom stereocenters. The molecule has 0 N–H and O–H groups in total. The molecular weight excluding hydrogens is 376 g/mol. The van der Waals surface area contributed by atoms with Crippen LogP contribution >= 0.6 is 0 Å². The van der Waals surface area contributed by atoms with Crippen LogP contribution < -0.4 is 5.43 Å².